The fourth-order valence-electron chi connectivity index (χ4n) is 3.44. The number of rotatable bonds is 6. The van der Waals surface area contributed by atoms with Crippen molar-refractivity contribution in [2.24, 2.45) is 11.3 Å². The lowest BCUT2D eigenvalue weighted by Crippen LogP contribution is -2.44. The predicted octanol–water partition coefficient (Wildman–Crippen LogP) is 2.73. The van der Waals surface area contributed by atoms with Gasteiger partial charge in [-0.15, -0.1) is 0 Å². The molecule has 0 aliphatic carbocycles. The van der Waals surface area contributed by atoms with E-state index in [0.29, 0.717) is 5.92 Å². The van der Waals surface area contributed by atoms with Crippen LogP contribution < -0.4 is 0 Å². The highest BCUT2D eigenvalue weighted by Crippen LogP contribution is 2.34. The number of likely N-dealkylation sites (tertiary alicyclic amines) is 1. The standard InChI is InChI=1S/C18H31N3O2/c1-5-16-15(11-19-21(16)12-14(3)4)17(23)20-9-7-18(6-2,13-22)8-10-20/h11,14,22H,5-10,12-13H2,1-4H3. The van der Waals surface area contributed by atoms with Crippen LogP contribution in [0.2, 0.25) is 0 Å². The van der Waals surface area contributed by atoms with Crippen LogP contribution in [0, 0.1) is 11.3 Å². The summed E-state index contributed by atoms with van der Waals surface area (Å²) in [6, 6.07) is 0. The highest BCUT2D eigenvalue weighted by molar-refractivity contribution is 5.95. The molecule has 5 heteroatoms. The van der Waals surface area contributed by atoms with Crippen LogP contribution in [0.4, 0.5) is 0 Å². The van der Waals surface area contributed by atoms with Crippen LogP contribution in [-0.2, 0) is 13.0 Å². The van der Waals surface area contributed by atoms with Crippen molar-refractivity contribution < 1.29 is 9.90 Å². The van der Waals surface area contributed by atoms with Gasteiger partial charge in [-0.3, -0.25) is 9.48 Å². The Kier molecular flexibility index (Phi) is 5.84. The molecule has 1 amide bonds. The lowest BCUT2D eigenvalue weighted by molar-refractivity contribution is 0.0337. The summed E-state index contributed by atoms with van der Waals surface area (Å²) in [5, 5.41) is 14.1. The molecule has 130 valence electrons. The monoisotopic (exact) mass is 321 g/mol. The number of carbonyl (C=O) groups is 1. The second-order valence-corrected chi connectivity index (χ2v) is 7.24. The Balaban J connectivity index is 2.11. The van der Waals surface area contributed by atoms with Gasteiger partial charge in [-0.05, 0) is 37.0 Å². The molecule has 2 rings (SSSR count). The van der Waals surface area contributed by atoms with Gasteiger partial charge in [0.1, 0.15) is 0 Å². The molecule has 0 bridgehead atoms. The van der Waals surface area contributed by atoms with Crippen LogP contribution in [0.3, 0.4) is 0 Å². The van der Waals surface area contributed by atoms with Crippen LogP contribution >= 0.6 is 0 Å². The molecule has 23 heavy (non-hydrogen) atoms. The average Bonchev–Trinajstić information content (AvgIpc) is 2.96. The molecule has 1 aliphatic heterocycles. The van der Waals surface area contributed by atoms with Gasteiger partial charge in [-0.1, -0.05) is 27.7 Å². The Bertz CT molecular complexity index is 522. The van der Waals surface area contributed by atoms with Gasteiger partial charge in [0.25, 0.3) is 5.91 Å². The molecule has 1 fully saturated rings. The van der Waals surface area contributed by atoms with Crippen molar-refractivity contribution in [3.05, 3.63) is 17.5 Å². The number of hydrogen-bond donors (Lipinski definition) is 1. The van der Waals surface area contributed by atoms with E-state index in [0.717, 1.165) is 56.6 Å². The Hall–Kier alpha value is -1.36. The summed E-state index contributed by atoms with van der Waals surface area (Å²) in [6.45, 7) is 11.0. The van der Waals surface area contributed by atoms with E-state index in [1.165, 1.54) is 0 Å². The van der Waals surface area contributed by atoms with Crippen molar-refractivity contribution in [3.63, 3.8) is 0 Å². The number of carbonyl (C=O) groups excluding carboxylic acids is 1. The summed E-state index contributed by atoms with van der Waals surface area (Å²) in [7, 11) is 0. The summed E-state index contributed by atoms with van der Waals surface area (Å²) in [5.41, 5.74) is 1.80. The van der Waals surface area contributed by atoms with E-state index in [1.807, 2.05) is 9.58 Å². The molecular formula is C18H31N3O2. The highest BCUT2D eigenvalue weighted by atomic mass is 16.3. The van der Waals surface area contributed by atoms with E-state index < -0.39 is 0 Å². The molecule has 1 saturated heterocycles. The molecule has 0 unspecified atom stereocenters. The first-order valence-electron chi connectivity index (χ1n) is 8.91. The predicted molar refractivity (Wildman–Crippen MR) is 91.4 cm³/mol. The van der Waals surface area contributed by atoms with Crippen molar-refractivity contribution in [1.82, 2.24) is 14.7 Å². The minimum atomic E-state index is 0.00614. The maximum absolute atomic E-state index is 12.9. The SMILES string of the molecule is CCc1c(C(=O)N2CCC(CC)(CO)CC2)cnn1CC(C)C. The van der Waals surface area contributed by atoms with Crippen LogP contribution in [0.15, 0.2) is 6.20 Å². The Morgan fingerprint density at radius 1 is 1.35 bits per heavy atom. The van der Waals surface area contributed by atoms with Crippen molar-refractivity contribution in [2.75, 3.05) is 19.7 Å². The van der Waals surface area contributed by atoms with Crippen molar-refractivity contribution in [2.45, 2.75) is 59.9 Å². The summed E-state index contributed by atoms with van der Waals surface area (Å²) < 4.78 is 1.98. The van der Waals surface area contributed by atoms with Crippen molar-refractivity contribution in [3.8, 4) is 0 Å². The van der Waals surface area contributed by atoms with Crippen molar-refractivity contribution in [1.29, 1.82) is 0 Å². The maximum Gasteiger partial charge on any atom is 0.257 e. The van der Waals surface area contributed by atoms with E-state index in [-0.39, 0.29) is 17.9 Å². The molecule has 0 spiro atoms. The van der Waals surface area contributed by atoms with Gasteiger partial charge in [0.05, 0.1) is 17.5 Å². The summed E-state index contributed by atoms with van der Waals surface area (Å²) in [6.07, 6.45) is 5.28. The number of hydrogen-bond acceptors (Lipinski definition) is 3. The zero-order chi connectivity index (χ0) is 17.0. The third-order valence-electron chi connectivity index (χ3n) is 5.25. The Morgan fingerprint density at radius 2 is 2.00 bits per heavy atom. The van der Waals surface area contributed by atoms with Crippen LogP contribution in [0.5, 0.6) is 0 Å². The second kappa shape index (κ2) is 7.47. The Morgan fingerprint density at radius 3 is 2.48 bits per heavy atom. The molecule has 0 radical (unpaired) electrons. The summed E-state index contributed by atoms with van der Waals surface area (Å²) in [4.78, 5) is 14.8. The van der Waals surface area contributed by atoms with E-state index in [1.54, 1.807) is 6.20 Å². The zero-order valence-electron chi connectivity index (χ0n) is 15.0. The summed E-state index contributed by atoms with van der Waals surface area (Å²) in [5.74, 6) is 0.604. The third-order valence-corrected chi connectivity index (χ3v) is 5.25. The molecule has 5 nitrogen and oxygen atoms in total. The fraction of sp³-hybridized carbons (Fsp3) is 0.778. The molecule has 1 N–H and O–H groups in total. The molecule has 1 aliphatic rings. The molecule has 0 aromatic carbocycles. The molecule has 1 aromatic heterocycles. The van der Waals surface area contributed by atoms with Crippen LogP contribution in [-0.4, -0.2) is 45.4 Å². The number of aliphatic hydroxyl groups excluding tert-OH is 1. The number of piperidine rings is 1. The maximum atomic E-state index is 12.9. The minimum absolute atomic E-state index is 0.00614. The first-order valence-corrected chi connectivity index (χ1v) is 8.91. The molecule has 0 atom stereocenters. The van der Waals surface area contributed by atoms with Crippen molar-refractivity contribution >= 4 is 5.91 Å². The van der Waals surface area contributed by atoms with Gasteiger partial charge in [-0.25, -0.2) is 0 Å². The lowest BCUT2D eigenvalue weighted by Gasteiger charge is -2.40. The van der Waals surface area contributed by atoms with Gasteiger partial charge in [0, 0.05) is 26.2 Å². The topological polar surface area (TPSA) is 58.4 Å². The van der Waals surface area contributed by atoms with Crippen LogP contribution in [0.1, 0.15) is 63.0 Å². The normalized spacial score (nSPS) is 17.7. The minimum Gasteiger partial charge on any atom is -0.396 e. The third kappa shape index (κ3) is 3.77. The number of amides is 1. The van der Waals surface area contributed by atoms with E-state index in [4.69, 9.17) is 0 Å². The molecule has 1 aromatic rings. The first-order chi connectivity index (χ1) is 11.0. The van der Waals surface area contributed by atoms with Gasteiger partial charge in [0.2, 0.25) is 0 Å². The largest absolute Gasteiger partial charge is 0.396 e. The van der Waals surface area contributed by atoms with Crippen LogP contribution in [0.25, 0.3) is 0 Å². The zero-order valence-corrected chi connectivity index (χ0v) is 15.0. The van der Waals surface area contributed by atoms with Gasteiger partial charge >= 0.3 is 0 Å². The quantitative estimate of drug-likeness (QED) is 0.876. The molecule has 0 saturated carbocycles. The van der Waals surface area contributed by atoms with Gasteiger partial charge < -0.3 is 10.0 Å². The Labute approximate surface area is 139 Å². The smallest absolute Gasteiger partial charge is 0.257 e. The second-order valence-electron chi connectivity index (χ2n) is 7.24. The van der Waals surface area contributed by atoms with E-state index in [9.17, 15) is 9.90 Å². The molecule has 2 heterocycles. The highest BCUT2D eigenvalue weighted by Gasteiger charge is 2.34. The van der Waals surface area contributed by atoms with E-state index in [2.05, 4.69) is 32.8 Å². The number of aliphatic hydroxyl groups is 1. The fourth-order valence-corrected chi connectivity index (χ4v) is 3.44. The summed E-state index contributed by atoms with van der Waals surface area (Å²) >= 11 is 0. The number of aromatic nitrogens is 2. The molecular weight excluding hydrogens is 290 g/mol. The van der Waals surface area contributed by atoms with Gasteiger partial charge in [0.15, 0.2) is 0 Å². The van der Waals surface area contributed by atoms with Gasteiger partial charge in [-0.2, -0.15) is 5.10 Å². The average molecular weight is 321 g/mol. The lowest BCUT2D eigenvalue weighted by atomic mass is 9.77. The number of nitrogens with zero attached hydrogens (tertiary/aromatic N) is 3. The first kappa shape index (κ1) is 18.0. The van der Waals surface area contributed by atoms with E-state index >= 15 is 0 Å².